The summed E-state index contributed by atoms with van der Waals surface area (Å²) in [6, 6.07) is 6.88. The van der Waals surface area contributed by atoms with Crippen LogP contribution in [0.5, 0.6) is 5.75 Å². The van der Waals surface area contributed by atoms with Crippen molar-refractivity contribution in [3.05, 3.63) is 24.3 Å². The molecule has 54 valence electrons. The van der Waals surface area contributed by atoms with Crippen LogP contribution in [0.4, 0.5) is 5.69 Å². The highest BCUT2D eigenvalue weighted by molar-refractivity contribution is 6.12. The smallest absolute Gasteiger partial charge is 0.149 e. The molecule has 0 radical (unpaired) electrons. The van der Waals surface area contributed by atoms with E-state index >= 15 is 0 Å². The summed E-state index contributed by atoms with van der Waals surface area (Å²) >= 11 is 5.07. The first-order valence-corrected chi connectivity index (χ1v) is 3.09. The Bertz CT molecular complexity index is 199. The van der Waals surface area contributed by atoms with Gasteiger partial charge in [-0.1, -0.05) is 5.00 Å². The maximum absolute atomic E-state index is 5.41. The van der Waals surface area contributed by atoms with Crippen molar-refractivity contribution in [1.29, 1.82) is 0 Å². The lowest BCUT2D eigenvalue weighted by atomic mass is 10.3. The molecule has 0 atom stereocenters. The summed E-state index contributed by atoms with van der Waals surface area (Å²) < 4.78 is 0. The second-order valence-corrected chi connectivity index (χ2v) is 1.90. The Morgan fingerprint density at radius 1 is 1.30 bits per heavy atom. The third-order valence-corrected chi connectivity index (χ3v) is 1.11. The van der Waals surface area contributed by atoms with Crippen molar-refractivity contribution in [2.24, 2.45) is 0 Å². The van der Waals surface area contributed by atoms with Gasteiger partial charge in [-0.15, -0.1) is 0 Å². The van der Waals surface area contributed by atoms with Crippen molar-refractivity contribution < 1.29 is 4.84 Å². The van der Waals surface area contributed by atoms with Gasteiger partial charge in [0.2, 0.25) is 0 Å². The summed E-state index contributed by atoms with van der Waals surface area (Å²) in [5.41, 5.74) is 6.11. The van der Waals surface area contributed by atoms with Crippen molar-refractivity contribution in [1.82, 2.24) is 5.00 Å². The maximum atomic E-state index is 5.41. The topological polar surface area (TPSA) is 47.3 Å². The van der Waals surface area contributed by atoms with Crippen LogP contribution in [-0.4, -0.2) is 0 Å². The fraction of sp³-hybridized carbons (Fsp3) is 0. The van der Waals surface area contributed by atoms with E-state index in [1.807, 2.05) is 5.00 Å². The van der Waals surface area contributed by atoms with Crippen LogP contribution in [0.15, 0.2) is 24.3 Å². The summed E-state index contributed by atoms with van der Waals surface area (Å²) in [6.07, 6.45) is 0. The molecule has 1 rings (SSSR count). The van der Waals surface area contributed by atoms with Gasteiger partial charge in [0.05, 0.1) is 0 Å². The largest absolute Gasteiger partial charge is 0.399 e. The Morgan fingerprint density at radius 3 is 2.40 bits per heavy atom. The number of nitrogen functional groups attached to an aromatic ring is 1. The second-order valence-electron chi connectivity index (χ2n) is 1.75. The van der Waals surface area contributed by atoms with Gasteiger partial charge in [0.25, 0.3) is 0 Å². The highest BCUT2D eigenvalue weighted by Crippen LogP contribution is 2.11. The summed E-state index contributed by atoms with van der Waals surface area (Å²) in [4.78, 5) is 6.76. The molecule has 0 aliphatic carbocycles. The summed E-state index contributed by atoms with van der Waals surface area (Å²) in [6.45, 7) is 0. The highest BCUT2D eigenvalue weighted by Gasteiger charge is 1.89. The molecule has 0 amide bonds. The second kappa shape index (κ2) is 3.29. The minimum atomic E-state index is 0.629. The molecule has 0 fully saturated rings. The van der Waals surface area contributed by atoms with Crippen LogP contribution in [0.1, 0.15) is 0 Å². The molecule has 10 heavy (non-hydrogen) atoms. The van der Waals surface area contributed by atoms with E-state index in [4.69, 9.17) is 22.3 Å². The quantitative estimate of drug-likeness (QED) is 0.388. The standard InChI is InChI=1S/C6H7ClN2O/c7-9-10-6-3-1-5(8)2-4-6/h1-4,9H,8H2. The van der Waals surface area contributed by atoms with E-state index in [0.717, 1.165) is 0 Å². The number of nitrogens with two attached hydrogens (primary N) is 1. The van der Waals surface area contributed by atoms with Gasteiger partial charge in [0.15, 0.2) is 0 Å². The van der Waals surface area contributed by atoms with Gasteiger partial charge >= 0.3 is 0 Å². The molecule has 0 unspecified atom stereocenters. The fourth-order valence-corrected chi connectivity index (χ4v) is 0.669. The van der Waals surface area contributed by atoms with Gasteiger partial charge < -0.3 is 10.6 Å². The van der Waals surface area contributed by atoms with E-state index in [0.29, 0.717) is 11.4 Å². The number of halogens is 1. The summed E-state index contributed by atoms with van der Waals surface area (Å²) in [5, 5.41) is 0. The van der Waals surface area contributed by atoms with Gasteiger partial charge in [-0.25, -0.2) is 0 Å². The van der Waals surface area contributed by atoms with Gasteiger partial charge in [-0.2, -0.15) is 0 Å². The monoisotopic (exact) mass is 158 g/mol. The molecular weight excluding hydrogens is 152 g/mol. The van der Waals surface area contributed by atoms with E-state index in [1.54, 1.807) is 24.3 Å². The van der Waals surface area contributed by atoms with E-state index in [2.05, 4.69) is 0 Å². The molecule has 0 bridgehead atoms. The van der Waals surface area contributed by atoms with E-state index < -0.39 is 0 Å². The molecule has 0 saturated heterocycles. The Labute approximate surface area is 63.8 Å². The summed E-state index contributed by atoms with van der Waals surface area (Å²) in [7, 11) is 0. The molecule has 0 aromatic heterocycles. The van der Waals surface area contributed by atoms with Gasteiger partial charge in [-0.05, 0) is 24.3 Å². The molecule has 1 aromatic rings. The Balaban J connectivity index is 2.69. The van der Waals surface area contributed by atoms with Gasteiger partial charge in [0, 0.05) is 17.5 Å². The first kappa shape index (κ1) is 7.18. The molecule has 1 aromatic carbocycles. The van der Waals surface area contributed by atoms with Crippen LogP contribution in [0, 0.1) is 0 Å². The van der Waals surface area contributed by atoms with Crippen molar-refractivity contribution in [2.75, 3.05) is 5.73 Å². The molecule has 0 heterocycles. The van der Waals surface area contributed by atoms with Gasteiger partial charge in [0.1, 0.15) is 5.75 Å². The molecule has 0 aliphatic rings. The van der Waals surface area contributed by atoms with Crippen molar-refractivity contribution in [3.8, 4) is 5.75 Å². The van der Waals surface area contributed by atoms with Crippen molar-refractivity contribution >= 4 is 17.5 Å². The number of nitrogens with one attached hydrogen (secondary N) is 1. The number of rotatable bonds is 2. The van der Waals surface area contributed by atoms with Crippen LogP contribution < -0.4 is 15.6 Å². The lowest BCUT2D eigenvalue weighted by molar-refractivity contribution is 0.278. The minimum Gasteiger partial charge on any atom is -0.399 e. The fourth-order valence-electron chi connectivity index (χ4n) is 0.580. The number of hydrogen-bond acceptors (Lipinski definition) is 3. The first-order chi connectivity index (χ1) is 4.83. The summed E-state index contributed by atoms with van der Waals surface area (Å²) in [5.74, 6) is 0.629. The normalized spacial score (nSPS) is 9.30. The Morgan fingerprint density at radius 2 is 1.90 bits per heavy atom. The van der Waals surface area contributed by atoms with E-state index in [-0.39, 0.29) is 0 Å². The van der Waals surface area contributed by atoms with Crippen LogP contribution >= 0.6 is 11.8 Å². The lowest BCUT2D eigenvalue weighted by Gasteiger charge is -1.99. The molecule has 0 spiro atoms. The molecular formula is C6H7ClN2O. The zero-order chi connectivity index (χ0) is 7.40. The maximum Gasteiger partial charge on any atom is 0.149 e. The third-order valence-electron chi connectivity index (χ3n) is 1.04. The molecule has 0 aliphatic heterocycles. The van der Waals surface area contributed by atoms with Crippen molar-refractivity contribution in [2.45, 2.75) is 0 Å². The lowest BCUT2D eigenvalue weighted by Crippen LogP contribution is -2.03. The SMILES string of the molecule is Nc1ccc(ONCl)cc1. The first-order valence-electron chi connectivity index (χ1n) is 2.71. The Kier molecular flexibility index (Phi) is 2.36. The zero-order valence-electron chi connectivity index (χ0n) is 5.17. The Hall–Kier alpha value is -0.930. The predicted octanol–water partition coefficient (Wildman–Crippen LogP) is 1.31. The zero-order valence-corrected chi connectivity index (χ0v) is 5.93. The van der Waals surface area contributed by atoms with Crippen LogP contribution in [0.25, 0.3) is 0 Å². The third kappa shape index (κ3) is 1.79. The van der Waals surface area contributed by atoms with Crippen LogP contribution in [0.3, 0.4) is 0 Å². The van der Waals surface area contributed by atoms with Gasteiger partial charge in [-0.3, -0.25) is 0 Å². The average Bonchev–Trinajstić information content (AvgIpc) is 1.95. The van der Waals surface area contributed by atoms with E-state index in [1.165, 1.54) is 0 Å². The van der Waals surface area contributed by atoms with Crippen LogP contribution in [0.2, 0.25) is 0 Å². The van der Waals surface area contributed by atoms with Crippen LogP contribution in [-0.2, 0) is 0 Å². The molecule has 4 heteroatoms. The number of anilines is 1. The number of benzene rings is 1. The number of hydrogen-bond donors (Lipinski definition) is 2. The average molecular weight is 159 g/mol. The molecule has 0 saturated carbocycles. The minimum absolute atomic E-state index is 0.629. The van der Waals surface area contributed by atoms with E-state index in [9.17, 15) is 0 Å². The molecule has 3 nitrogen and oxygen atoms in total. The van der Waals surface area contributed by atoms with Crippen molar-refractivity contribution in [3.63, 3.8) is 0 Å². The highest BCUT2D eigenvalue weighted by atomic mass is 35.5. The molecule has 3 N–H and O–H groups in total. The predicted molar refractivity (Wildman–Crippen MR) is 40.5 cm³/mol.